The fourth-order valence-electron chi connectivity index (χ4n) is 3.74. The molecular formula is C21H28N4O4S. The molecule has 1 aromatic carbocycles. The SMILES string of the molecule is CC[C@H](C)[C@@H](C(=O)O)N(C)S(=O)(=O)c1ccc(CN2c3ccncc3NC2C)cc1. The Morgan fingerprint density at radius 2 is 1.97 bits per heavy atom. The average molecular weight is 433 g/mol. The van der Waals surface area contributed by atoms with Crippen LogP contribution in [0.4, 0.5) is 11.4 Å². The zero-order valence-electron chi connectivity index (χ0n) is 17.6. The number of anilines is 2. The molecule has 2 heterocycles. The number of carbonyl (C=O) groups is 1. The second kappa shape index (κ2) is 8.61. The van der Waals surface area contributed by atoms with Crippen molar-refractivity contribution in [3.63, 3.8) is 0 Å². The second-order valence-corrected chi connectivity index (χ2v) is 9.67. The minimum absolute atomic E-state index is 0.0838. The van der Waals surface area contributed by atoms with Crippen molar-refractivity contribution < 1.29 is 18.3 Å². The highest BCUT2D eigenvalue weighted by molar-refractivity contribution is 7.89. The number of carboxylic acid groups (broad SMARTS) is 1. The van der Waals surface area contributed by atoms with Gasteiger partial charge < -0.3 is 15.3 Å². The molecule has 0 fully saturated rings. The maximum atomic E-state index is 13.0. The summed E-state index contributed by atoms with van der Waals surface area (Å²) in [5, 5.41) is 12.9. The predicted octanol–water partition coefficient (Wildman–Crippen LogP) is 2.98. The lowest BCUT2D eigenvalue weighted by Gasteiger charge is -2.28. The topological polar surface area (TPSA) is 103 Å². The number of rotatable bonds is 8. The van der Waals surface area contributed by atoms with Gasteiger partial charge in [0.15, 0.2) is 0 Å². The van der Waals surface area contributed by atoms with E-state index in [4.69, 9.17) is 0 Å². The van der Waals surface area contributed by atoms with Crippen LogP contribution < -0.4 is 10.2 Å². The van der Waals surface area contributed by atoms with Gasteiger partial charge in [0.25, 0.3) is 0 Å². The molecule has 1 aliphatic rings. The van der Waals surface area contributed by atoms with Gasteiger partial charge in [0.1, 0.15) is 6.04 Å². The first-order valence-electron chi connectivity index (χ1n) is 9.93. The molecule has 0 radical (unpaired) electrons. The Balaban J connectivity index is 1.80. The molecule has 1 aliphatic heterocycles. The number of hydrogen-bond donors (Lipinski definition) is 2. The Morgan fingerprint density at radius 3 is 2.57 bits per heavy atom. The van der Waals surface area contributed by atoms with E-state index in [-0.39, 0.29) is 17.0 Å². The normalized spacial score (nSPS) is 18.0. The van der Waals surface area contributed by atoms with E-state index >= 15 is 0 Å². The third kappa shape index (κ3) is 4.13. The van der Waals surface area contributed by atoms with Gasteiger partial charge in [-0.1, -0.05) is 32.4 Å². The van der Waals surface area contributed by atoms with Gasteiger partial charge in [-0.25, -0.2) is 8.42 Å². The number of hydrogen-bond acceptors (Lipinski definition) is 6. The molecule has 0 saturated heterocycles. The Hall–Kier alpha value is -2.65. The van der Waals surface area contributed by atoms with Crippen LogP contribution in [0.3, 0.4) is 0 Å². The fourth-order valence-corrected chi connectivity index (χ4v) is 5.15. The molecule has 0 spiro atoms. The van der Waals surface area contributed by atoms with Crippen LogP contribution in [-0.4, -0.2) is 48.0 Å². The van der Waals surface area contributed by atoms with Crippen molar-refractivity contribution in [2.24, 2.45) is 5.92 Å². The Bertz CT molecular complexity index is 1010. The van der Waals surface area contributed by atoms with Crippen LogP contribution in [0.5, 0.6) is 0 Å². The molecular weight excluding hydrogens is 404 g/mol. The van der Waals surface area contributed by atoms with E-state index in [1.807, 2.05) is 13.0 Å². The average Bonchev–Trinajstić information content (AvgIpc) is 3.03. The van der Waals surface area contributed by atoms with Crippen molar-refractivity contribution in [2.45, 2.75) is 50.8 Å². The molecule has 0 saturated carbocycles. The lowest BCUT2D eigenvalue weighted by atomic mass is 10.00. The molecule has 9 heteroatoms. The summed E-state index contributed by atoms with van der Waals surface area (Å²) in [5.74, 6) is -1.45. The van der Waals surface area contributed by atoms with Gasteiger partial charge in [-0.15, -0.1) is 0 Å². The van der Waals surface area contributed by atoms with Crippen LogP contribution in [0.15, 0.2) is 47.6 Å². The number of aliphatic carboxylic acids is 1. The van der Waals surface area contributed by atoms with E-state index < -0.39 is 22.0 Å². The van der Waals surface area contributed by atoms with Crippen LogP contribution in [0.25, 0.3) is 0 Å². The van der Waals surface area contributed by atoms with E-state index in [0.717, 1.165) is 21.2 Å². The lowest BCUT2D eigenvalue weighted by molar-refractivity contribution is -0.142. The van der Waals surface area contributed by atoms with Gasteiger partial charge in [-0.3, -0.25) is 9.78 Å². The highest BCUT2D eigenvalue weighted by atomic mass is 32.2. The molecule has 8 nitrogen and oxygen atoms in total. The van der Waals surface area contributed by atoms with Gasteiger partial charge in [0.05, 0.1) is 28.6 Å². The van der Waals surface area contributed by atoms with Crippen LogP contribution in [0.1, 0.15) is 32.8 Å². The number of fused-ring (bicyclic) bond motifs is 1. The van der Waals surface area contributed by atoms with Gasteiger partial charge in [0, 0.05) is 19.8 Å². The van der Waals surface area contributed by atoms with E-state index in [2.05, 4.69) is 22.1 Å². The monoisotopic (exact) mass is 432 g/mol. The zero-order valence-corrected chi connectivity index (χ0v) is 18.4. The van der Waals surface area contributed by atoms with Crippen molar-refractivity contribution in [3.05, 3.63) is 48.3 Å². The number of nitrogens with one attached hydrogen (secondary N) is 1. The van der Waals surface area contributed by atoms with Crippen LogP contribution >= 0.6 is 0 Å². The summed E-state index contributed by atoms with van der Waals surface area (Å²) in [6, 6.07) is 7.45. The summed E-state index contributed by atoms with van der Waals surface area (Å²) < 4.78 is 27.0. The summed E-state index contributed by atoms with van der Waals surface area (Å²) in [6.45, 7) is 6.24. The highest BCUT2D eigenvalue weighted by Crippen LogP contribution is 2.34. The quantitative estimate of drug-likeness (QED) is 0.661. The zero-order chi connectivity index (χ0) is 22.1. The number of aromatic nitrogens is 1. The first-order chi connectivity index (χ1) is 14.2. The summed E-state index contributed by atoms with van der Waals surface area (Å²) in [5.41, 5.74) is 2.97. The van der Waals surface area contributed by atoms with Crippen molar-refractivity contribution in [1.82, 2.24) is 9.29 Å². The lowest BCUT2D eigenvalue weighted by Crippen LogP contribution is -2.46. The smallest absolute Gasteiger partial charge is 0.322 e. The number of likely N-dealkylation sites (N-methyl/N-ethyl adjacent to an activating group) is 1. The molecule has 0 aliphatic carbocycles. The molecule has 1 aromatic heterocycles. The minimum Gasteiger partial charge on any atom is -0.480 e. The Labute approximate surface area is 177 Å². The van der Waals surface area contributed by atoms with E-state index in [0.29, 0.717) is 13.0 Å². The molecule has 162 valence electrons. The second-order valence-electron chi connectivity index (χ2n) is 7.67. The number of pyridine rings is 1. The largest absolute Gasteiger partial charge is 0.480 e. The summed E-state index contributed by atoms with van der Waals surface area (Å²) >= 11 is 0. The van der Waals surface area contributed by atoms with Crippen LogP contribution in [0, 0.1) is 5.92 Å². The number of carboxylic acids is 1. The molecule has 0 amide bonds. The predicted molar refractivity (Wildman–Crippen MR) is 116 cm³/mol. The standard InChI is InChI=1S/C21H28N4O4S/c1-5-14(2)20(21(26)27)24(4)30(28,29)17-8-6-16(7-9-17)13-25-15(3)23-18-12-22-11-10-19(18)25/h6-12,14-15,20,23H,5,13H2,1-4H3,(H,26,27)/t14-,15?,20-/m0/s1. The van der Waals surface area contributed by atoms with Crippen molar-refractivity contribution in [1.29, 1.82) is 0 Å². The third-order valence-electron chi connectivity index (χ3n) is 5.72. The number of sulfonamides is 1. The first kappa shape index (κ1) is 22.0. The highest BCUT2D eigenvalue weighted by Gasteiger charge is 2.36. The fraction of sp³-hybridized carbons (Fsp3) is 0.429. The summed E-state index contributed by atoms with van der Waals surface area (Å²) in [4.78, 5) is 18.1. The maximum Gasteiger partial charge on any atom is 0.322 e. The molecule has 3 rings (SSSR count). The molecule has 0 bridgehead atoms. The van der Waals surface area contributed by atoms with E-state index in [1.54, 1.807) is 31.5 Å². The molecule has 2 N–H and O–H groups in total. The van der Waals surface area contributed by atoms with Crippen molar-refractivity contribution in [2.75, 3.05) is 17.3 Å². The number of benzene rings is 1. The van der Waals surface area contributed by atoms with Gasteiger partial charge in [-0.05, 0) is 36.6 Å². The van der Waals surface area contributed by atoms with Gasteiger partial charge in [-0.2, -0.15) is 4.31 Å². The summed E-state index contributed by atoms with van der Waals surface area (Å²) in [7, 11) is -2.59. The van der Waals surface area contributed by atoms with Crippen molar-refractivity contribution >= 4 is 27.4 Å². The number of nitrogens with zero attached hydrogens (tertiary/aromatic N) is 3. The maximum absolute atomic E-state index is 13.0. The third-order valence-corrected chi connectivity index (χ3v) is 7.57. The minimum atomic E-state index is -3.92. The van der Waals surface area contributed by atoms with Gasteiger partial charge in [0.2, 0.25) is 10.0 Å². The first-order valence-corrected chi connectivity index (χ1v) is 11.4. The molecule has 2 aromatic rings. The Kier molecular flexibility index (Phi) is 6.33. The molecule has 3 atom stereocenters. The van der Waals surface area contributed by atoms with Gasteiger partial charge >= 0.3 is 5.97 Å². The van der Waals surface area contributed by atoms with E-state index in [1.165, 1.54) is 19.2 Å². The van der Waals surface area contributed by atoms with E-state index in [9.17, 15) is 18.3 Å². The van der Waals surface area contributed by atoms with Crippen LogP contribution in [-0.2, 0) is 21.4 Å². The molecule has 1 unspecified atom stereocenters. The van der Waals surface area contributed by atoms with Crippen molar-refractivity contribution in [3.8, 4) is 0 Å². The molecule has 30 heavy (non-hydrogen) atoms. The summed E-state index contributed by atoms with van der Waals surface area (Å²) in [6.07, 6.45) is 4.18. The van der Waals surface area contributed by atoms with Crippen LogP contribution in [0.2, 0.25) is 0 Å². The Morgan fingerprint density at radius 1 is 1.30 bits per heavy atom.